The fourth-order valence-electron chi connectivity index (χ4n) is 1.51. The van der Waals surface area contributed by atoms with Crippen molar-refractivity contribution in [3.05, 3.63) is 27.7 Å². The van der Waals surface area contributed by atoms with Crippen LogP contribution in [0.25, 0.3) is 0 Å². The molecule has 0 heterocycles. The van der Waals surface area contributed by atoms with Crippen LogP contribution in [0.15, 0.2) is 27.6 Å². The normalized spacial score (nSPS) is 14.1. The van der Waals surface area contributed by atoms with Gasteiger partial charge in [-0.15, -0.1) is 0 Å². The third-order valence-corrected chi connectivity index (χ3v) is 4.97. The van der Waals surface area contributed by atoms with Crippen LogP contribution < -0.4 is 4.72 Å². The van der Waals surface area contributed by atoms with E-state index in [-0.39, 0.29) is 9.92 Å². The minimum absolute atomic E-state index is 0.0184. The second-order valence-electron chi connectivity index (χ2n) is 5.33. The lowest BCUT2D eigenvalue weighted by Crippen LogP contribution is -2.49. The highest BCUT2D eigenvalue weighted by atomic mass is 79.9. The maximum Gasteiger partial charge on any atom is 0.322 e. The van der Waals surface area contributed by atoms with Crippen molar-refractivity contribution in [1.29, 1.82) is 0 Å². The van der Waals surface area contributed by atoms with E-state index in [1.165, 1.54) is 18.2 Å². The van der Waals surface area contributed by atoms with E-state index in [4.69, 9.17) is 16.7 Å². The number of carboxylic acid groups (broad SMARTS) is 1. The summed E-state index contributed by atoms with van der Waals surface area (Å²) in [6.45, 7) is 4.91. The van der Waals surface area contributed by atoms with Crippen molar-refractivity contribution in [1.82, 2.24) is 4.72 Å². The number of hydrogen-bond acceptors (Lipinski definition) is 3. The molecule has 0 aliphatic carbocycles. The molecule has 0 fully saturated rings. The highest BCUT2D eigenvalue weighted by molar-refractivity contribution is 9.10. The van der Waals surface area contributed by atoms with Gasteiger partial charge in [0.25, 0.3) is 0 Å². The minimum atomic E-state index is -4.02. The van der Waals surface area contributed by atoms with Crippen molar-refractivity contribution < 1.29 is 18.3 Å². The molecule has 0 aromatic heterocycles. The highest BCUT2D eigenvalue weighted by Gasteiger charge is 2.35. The molecule has 0 radical (unpaired) electrons. The highest BCUT2D eigenvalue weighted by Crippen LogP contribution is 2.27. The third kappa shape index (κ3) is 4.18. The molecule has 2 N–H and O–H groups in total. The van der Waals surface area contributed by atoms with Crippen LogP contribution in [-0.4, -0.2) is 25.5 Å². The number of nitrogens with one attached hydrogen (secondary N) is 1. The van der Waals surface area contributed by atoms with Crippen LogP contribution in [0.2, 0.25) is 5.02 Å². The Morgan fingerprint density at radius 1 is 1.40 bits per heavy atom. The van der Waals surface area contributed by atoms with E-state index >= 15 is 0 Å². The zero-order valence-corrected chi connectivity index (χ0v) is 14.3. The monoisotopic (exact) mass is 383 g/mol. The second kappa shape index (κ2) is 6.01. The van der Waals surface area contributed by atoms with E-state index in [0.717, 1.165) is 0 Å². The average molecular weight is 385 g/mol. The second-order valence-corrected chi connectivity index (χ2v) is 8.34. The summed E-state index contributed by atoms with van der Waals surface area (Å²) in [6, 6.07) is 3.01. The Morgan fingerprint density at radius 2 is 1.95 bits per heavy atom. The fourth-order valence-corrected chi connectivity index (χ4v) is 3.94. The molecule has 5 nitrogen and oxygen atoms in total. The van der Waals surface area contributed by atoms with E-state index in [1.54, 1.807) is 20.8 Å². The summed E-state index contributed by atoms with van der Waals surface area (Å²) in [7, 11) is -4.02. The molecule has 0 aliphatic heterocycles. The smallest absolute Gasteiger partial charge is 0.322 e. The zero-order valence-electron chi connectivity index (χ0n) is 11.1. The Bertz CT molecular complexity index is 625. The number of sulfonamides is 1. The number of carboxylic acids is 1. The molecule has 20 heavy (non-hydrogen) atoms. The first kappa shape index (κ1) is 17.4. The van der Waals surface area contributed by atoms with Crippen LogP contribution >= 0.6 is 27.5 Å². The SMILES string of the molecule is CC(C)(C)[C@H](NS(=O)(=O)c1ccc(Br)cc1Cl)C(=O)O. The molecule has 0 spiro atoms. The predicted molar refractivity (Wildman–Crippen MR) is 80.4 cm³/mol. The summed E-state index contributed by atoms with van der Waals surface area (Å²) in [5, 5.41) is 9.18. The van der Waals surface area contributed by atoms with Gasteiger partial charge in [-0.3, -0.25) is 4.79 Å². The van der Waals surface area contributed by atoms with Gasteiger partial charge in [0, 0.05) is 4.47 Å². The van der Waals surface area contributed by atoms with Gasteiger partial charge in [-0.05, 0) is 23.6 Å². The molecule has 0 aliphatic rings. The number of carbonyl (C=O) groups is 1. The first-order valence-corrected chi connectivity index (χ1v) is 8.31. The van der Waals surface area contributed by atoms with E-state index in [1.807, 2.05) is 0 Å². The van der Waals surface area contributed by atoms with E-state index < -0.39 is 27.4 Å². The predicted octanol–water partition coefficient (Wildman–Crippen LogP) is 2.88. The summed E-state index contributed by atoms with van der Waals surface area (Å²) in [5.74, 6) is -1.24. The van der Waals surface area contributed by atoms with Crippen molar-refractivity contribution in [2.75, 3.05) is 0 Å². The maximum atomic E-state index is 12.3. The summed E-state index contributed by atoms with van der Waals surface area (Å²) >= 11 is 9.07. The van der Waals surface area contributed by atoms with Gasteiger partial charge < -0.3 is 5.11 Å². The van der Waals surface area contributed by atoms with Gasteiger partial charge in [0.15, 0.2) is 0 Å². The summed E-state index contributed by atoms with van der Waals surface area (Å²) in [4.78, 5) is 11.1. The summed E-state index contributed by atoms with van der Waals surface area (Å²) in [6.07, 6.45) is 0. The van der Waals surface area contributed by atoms with Gasteiger partial charge in [0.05, 0.1) is 5.02 Å². The van der Waals surface area contributed by atoms with Crippen molar-refractivity contribution in [3.63, 3.8) is 0 Å². The van der Waals surface area contributed by atoms with Gasteiger partial charge in [0.1, 0.15) is 10.9 Å². The maximum absolute atomic E-state index is 12.3. The molecule has 0 unspecified atom stereocenters. The molecular weight excluding hydrogens is 370 g/mol. The van der Waals surface area contributed by atoms with Crippen molar-refractivity contribution in [2.45, 2.75) is 31.7 Å². The van der Waals surface area contributed by atoms with Crippen LogP contribution in [0.5, 0.6) is 0 Å². The third-order valence-electron chi connectivity index (χ3n) is 2.57. The quantitative estimate of drug-likeness (QED) is 0.836. The molecule has 0 saturated heterocycles. The lowest BCUT2D eigenvalue weighted by molar-refractivity contribution is -0.141. The van der Waals surface area contributed by atoms with Crippen LogP contribution in [0.4, 0.5) is 0 Å². The molecule has 112 valence electrons. The number of aliphatic carboxylic acids is 1. The van der Waals surface area contributed by atoms with Crippen molar-refractivity contribution in [3.8, 4) is 0 Å². The van der Waals surface area contributed by atoms with Gasteiger partial charge in [0.2, 0.25) is 10.0 Å². The lowest BCUT2D eigenvalue weighted by Gasteiger charge is -2.27. The molecule has 1 aromatic rings. The van der Waals surface area contributed by atoms with E-state index in [9.17, 15) is 13.2 Å². The van der Waals surface area contributed by atoms with Crippen LogP contribution in [0, 0.1) is 5.41 Å². The number of benzene rings is 1. The Hall–Kier alpha value is -0.630. The van der Waals surface area contributed by atoms with Crippen LogP contribution in [0.3, 0.4) is 0 Å². The number of halogens is 2. The van der Waals surface area contributed by atoms with Crippen LogP contribution in [0.1, 0.15) is 20.8 Å². The molecule has 8 heteroatoms. The van der Waals surface area contributed by atoms with E-state index in [2.05, 4.69) is 20.7 Å². The molecular formula is C12H15BrClNO4S. The minimum Gasteiger partial charge on any atom is -0.480 e. The Balaban J connectivity index is 3.20. The van der Waals surface area contributed by atoms with E-state index in [0.29, 0.717) is 4.47 Å². The number of rotatable bonds is 4. The Labute approximate surface area is 131 Å². The first-order chi connectivity index (χ1) is 8.95. The molecule has 0 saturated carbocycles. The molecule has 1 aromatic carbocycles. The molecule has 1 rings (SSSR count). The van der Waals surface area contributed by atoms with Gasteiger partial charge in [-0.2, -0.15) is 4.72 Å². The van der Waals surface area contributed by atoms with Gasteiger partial charge in [-0.25, -0.2) is 8.42 Å². The largest absolute Gasteiger partial charge is 0.480 e. The number of hydrogen-bond donors (Lipinski definition) is 2. The Morgan fingerprint density at radius 3 is 2.35 bits per heavy atom. The molecule has 0 amide bonds. The fraction of sp³-hybridized carbons (Fsp3) is 0.417. The average Bonchev–Trinajstić information content (AvgIpc) is 2.23. The zero-order chi connectivity index (χ0) is 15.7. The molecule has 1 atom stereocenters. The van der Waals surface area contributed by atoms with Crippen LogP contribution in [-0.2, 0) is 14.8 Å². The van der Waals surface area contributed by atoms with Gasteiger partial charge in [-0.1, -0.05) is 48.3 Å². The van der Waals surface area contributed by atoms with Crippen molar-refractivity contribution in [2.24, 2.45) is 5.41 Å². The molecule has 0 bridgehead atoms. The first-order valence-electron chi connectivity index (χ1n) is 5.65. The van der Waals surface area contributed by atoms with Gasteiger partial charge >= 0.3 is 5.97 Å². The standard InChI is InChI=1S/C12H15BrClNO4S/c1-12(2,3)10(11(16)17)15-20(18,19)9-5-4-7(13)6-8(9)14/h4-6,10,15H,1-3H3,(H,16,17)/t10-/m1/s1. The summed E-state index contributed by atoms with van der Waals surface area (Å²) in [5.41, 5.74) is -0.777. The Kier molecular flexibility index (Phi) is 5.23. The van der Waals surface area contributed by atoms with Crippen molar-refractivity contribution >= 4 is 43.5 Å². The lowest BCUT2D eigenvalue weighted by atomic mass is 9.88. The topological polar surface area (TPSA) is 83.5 Å². The summed E-state index contributed by atoms with van der Waals surface area (Å²) < 4.78 is 27.3.